The van der Waals surface area contributed by atoms with Gasteiger partial charge in [0.2, 0.25) is 6.33 Å². The SMILES string of the molecule is O=C1c2ccccc2OCCC1C[n+]1cc[nH]c1. The van der Waals surface area contributed by atoms with Crippen molar-refractivity contribution >= 4 is 5.78 Å². The molecule has 0 spiro atoms. The van der Waals surface area contributed by atoms with Crippen molar-refractivity contribution in [3.8, 4) is 5.75 Å². The highest BCUT2D eigenvalue weighted by Gasteiger charge is 2.27. The Bertz CT molecular complexity index is 549. The summed E-state index contributed by atoms with van der Waals surface area (Å²) in [7, 11) is 0. The van der Waals surface area contributed by atoms with Crippen molar-refractivity contribution in [1.82, 2.24) is 4.98 Å². The van der Waals surface area contributed by atoms with Crippen LogP contribution in [0.3, 0.4) is 0 Å². The second kappa shape index (κ2) is 4.64. The monoisotopic (exact) mass is 243 g/mol. The number of ketones is 1. The van der Waals surface area contributed by atoms with Crippen molar-refractivity contribution in [2.45, 2.75) is 13.0 Å². The molecule has 0 saturated heterocycles. The molecular formula is C14H15N2O2+. The molecule has 1 aromatic carbocycles. The van der Waals surface area contributed by atoms with Gasteiger partial charge in [-0.15, -0.1) is 0 Å². The van der Waals surface area contributed by atoms with Gasteiger partial charge in [0.05, 0.1) is 18.1 Å². The van der Waals surface area contributed by atoms with Crippen LogP contribution in [0.25, 0.3) is 0 Å². The third-order valence-electron chi connectivity index (χ3n) is 3.28. The Morgan fingerprint density at radius 2 is 2.28 bits per heavy atom. The molecule has 0 fully saturated rings. The van der Waals surface area contributed by atoms with Crippen LogP contribution in [-0.4, -0.2) is 17.4 Å². The molecule has 2 aromatic rings. The molecule has 4 heteroatoms. The van der Waals surface area contributed by atoms with E-state index in [2.05, 4.69) is 4.98 Å². The largest absolute Gasteiger partial charge is 0.493 e. The maximum absolute atomic E-state index is 12.5. The Hall–Kier alpha value is -2.10. The summed E-state index contributed by atoms with van der Waals surface area (Å²) in [5, 5.41) is 0. The minimum Gasteiger partial charge on any atom is -0.493 e. The van der Waals surface area contributed by atoms with E-state index in [0.717, 1.165) is 6.42 Å². The van der Waals surface area contributed by atoms with Crippen LogP contribution in [0.2, 0.25) is 0 Å². The lowest BCUT2D eigenvalue weighted by atomic mass is 9.95. The first kappa shape index (κ1) is 11.0. The lowest BCUT2D eigenvalue weighted by Crippen LogP contribution is -2.38. The molecule has 0 saturated carbocycles. The number of aromatic nitrogens is 2. The van der Waals surface area contributed by atoms with Crippen molar-refractivity contribution in [2.75, 3.05) is 6.61 Å². The molecule has 1 aliphatic rings. The van der Waals surface area contributed by atoms with Crippen LogP contribution < -0.4 is 9.30 Å². The van der Waals surface area contributed by atoms with E-state index in [4.69, 9.17) is 4.74 Å². The number of para-hydroxylation sites is 1. The lowest BCUT2D eigenvalue weighted by molar-refractivity contribution is -0.699. The number of Topliss-reactive ketones (excluding diaryl/α,β-unsaturated/α-hetero) is 1. The van der Waals surface area contributed by atoms with E-state index in [1.54, 1.807) is 0 Å². The van der Waals surface area contributed by atoms with Gasteiger partial charge in [-0.1, -0.05) is 12.1 Å². The molecule has 3 rings (SSSR count). The van der Waals surface area contributed by atoms with Gasteiger partial charge in [-0.05, 0) is 18.6 Å². The molecule has 1 N–H and O–H groups in total. The maximum Gasteiger partial charge on any atom is 0.241 e. The number of fused-ring (bicyclic) bond motifs is 1. The Morgan fingerprint density at radius 1 is 1.39 bits per heavy atom. The van der Waals surface area contributed by atoms with Crippen molar-refractivity contribution in [2.24, 2.45) is 5.92 Å². The second-order valence-electron chi connectivity index (χ2n) is 4.50. The quantitative estimate of drug-likeness (QED) is 0.814. The molecule has 1 unspecified atom stereocenters. The van der Waals surface area contributed by atoms with E-state index >= 15 is 0 Å². The highest BCUT2D eigenvalue weighted by molar-refractivity contribution is 6.00. The number of hydrogen-bond acceptors (Lipinski definition) is 2. The predicted octanol–water partition coefficient (Wildman–Crippen LogP) is 1.58. The predicted molar refractivity (Wildman–Crippen MR) is 65.4 cm³/mol. The zero-order valence-corrected chi connectivity index (χ0v) is 10.0. The van der Waals surface area contributed by atoms with Crippen molar-refractivity contribution < 1.29 is 14.1 Å². The first-order valence-electron chi connectivity index (χ1n) is 6.12. The van der Waals surface area contributed by atoms with Gasteiger partial charge in [-0.2, -0.15) is 0 Å². The van der Waals surface area contributed by atoms with E-state index in [1.165, 1.54) is 0 Å². The van der Waals surface area contributed by atoms with Gasteiger partial charge < -0.3 is 4.74 Å². The smallest absolute Gasteiger partial charge is 0.241 e. The number of nitrogens with zero attached hydrogens (tertiary/aromatic N) is 1. The average molecular weight is 243 g/mol. The normalized spacial score (nSPS) is 18.9. The number of imidazole rings is 1. The van der Waals surface area contributed by atoms with Gasteiger partial charge >= 0.3 is 0 Å². The molecule has 92 valence electrons. The lowest BCUT2D eigenvalue weighted by Gasteiger charge is -2.09. The Balaban J connectivity index is 1.87. The second-order valence-corrected chi connectivity index (χ2v) is 4.50. The summed E-state index contributed by atoms with van der Waals surface area (Å²) in [6, 6.07) is 7.48. The molecule has 18 heavy (non-hydrogen) atoms. The number of carbonyl (C=O) groups is 1. The molecule has 2 heterocycles. The van der Waals surface area contributed by atoms with Crippen molar-refractivity contribution in [1.29, 1.82) is 0 Å². The summed E-state index contributed by atoms with van der Waals surface area (Å²) >= 11 is 0. The number of hydrogen-bond donors (Lipinski definition) is 1. The number of H-pyrrole nitrogens is 1. The van der Waals surface area contributed by atoms with Crippen LogP contribution in [-0.2, 0) is 6.54 Å². The number of aromatic amines is 1. The molecule has 0 aliphatic carbocycles. The summed E-state index contributed by atoms with van der Waals surface area (Å²) in [5.74, 6) is 0.871. The zero-order valence-electron chi connectivity index (χ0n) is 10.0. The first-order valence-corrected chi connectivity index (χ1v) is 6.12. The minimum absolute atomic E-state index is 0.0190. The maximum atomic E-state index is 12.5. The molecule has 0 amide bonds. The summed E-state index contributed by atoms with van der Waals surface area (Å²) < 4.78 is 7.63. The summed E-state index contributed by atoms with van der Waals surface area (Å²) in [6.45, 7) is 1.29. The average Bonchev–Trinajstić information content (AvgIpc) is 2.85. The van der Waals surface area contributed by atoms with Crippen LogP contribution in [0.1, 0.15) is 16.8 Å². The number of rotatable bonds is 2. The molecule has 0 radical (unpaired) electrons. The Kier molecular flexibility index (Phi) is 2.84. The third kappa shape index (κ3) is 2.01. The van der Waals surface area contributed by atoms with Gasteiger partial charge in [0.15, 0.2) is 5.78 Å². The molecule has 4 nitrogen and oxygen atoms in total. The van der Waals surface area contributed by atoms with Gasteiger partial charge in [-0.25, -0.2) is 4.57 Å². The van der Waals surface area contributed by atoms with E-state index in [9.17, 15) is 4.79 Å². The van der Waals surface area contributed by atoms with Gasteiger partial charge in [-0.3, -0.25) is 9.78 Å². The van der Waals surface area contributed by atoms with Crippen LogP contribution in [0, 0.1) is 5.92 Å². The van der Waals surface area contributed by atoms with Gasteiger partial charge in [0.1, 0.15) is 24.7 Å². The molecule has 0 bridgehead atoms. The van der Waals surface area contributed by atoms with Gasteiger partial charge in [0, 0.05) is 0 Å². The summed E-state index contributed by atoms with van der Waals surface area (Å²) in [5.41, 5.74) is 0.705. The molecular weight excluding hydrogens is 228 g/mol. The first-order chi connectivity index (χ1) is 8.84. The minimum atomic E-state index is -0.0190. The topological polar surface area (TPSA) is 46.0 Å². The summed E-state index contributed by atoms with van der Waals surface area (Å²) in [6.07, 6.45) is 6.41. The number of benzene rings is 1. The van der Waals surface area contributed by atoms with Crippen LogP contribution in [0.4, 0.5) is 0 Å². The fourth-order valence-corrected chi connectivity index (χ4v) is 2.32. The number of nitrogens with one attached hydrogen (secondary N) is 1. The molecule has 1 aromatic heterocycles. The van der Waals surface area contributed by atoms with E-state index in [1.807, 2.05) is 47.6 Å². The fourth-order valence-electron chi connectivity index (χ4n) is 2.32. The van der Waals surface area contributed by atoms with Crippen LogP contribution >= 0.6 is 0 Å². The van der Waals surface area contributed by atoms with Crippen LogP contribution in [0.5, 0.6) is 5.75 Å². The number of carbonyl (C=O) groups excluding carboxylic acids is 1. The van der Waals surface area contributed by atoms with Crippen molar-refractivity contribution in [3.63, 3.8) is 0 Å². The number of ether oxygens (including phenoxy) is 1. The fraction of sp³-hybridized carbons (Fsp3) is 0.286. The summed E-state index contributed by atoms with van der Waals surface area (Å²) in [4.78, 5) is 15.4. The molecule has 1 aliphatic heterocycles. The highest BCUT2D eigenvalue weighted by Crippen LogP contribution is 2.26. The zero-order chi connectivity index (χ0) is 12.4. The van der Waals surface area contributed by atoms with Gasteiger partial charge in [0.25, 0.3) is 0 Å². The van der Waals surface area contributed by atoms with Crippen LogP contribution in [0.15, 0.2) is 43.0 Å². The standard InChI is InChI=1S/C14H14N2O2/c17-14-11(9-16-7-6-15-10-16)5-8-18-13-4-2-1-3-12(13)14/h1-4,6-7,10-11H,5,8-9H2/p+1. The highest BCUT2D eigenvalue weighted by atomic mass is 16.5. The van der Waals surface area contributed by atoms with E-state index in [-0.39, 0.29) is 11.7 Å². The van der Waals surface area contributed by atoms with Crippen molar-refractivity contribution in [3.05, 3.63) is 48.5 Å². The third-order valence-corrected chi connectivity index (χ3v) is 3.28. The van der Waals surface area contributed by atoms with E-state index < -0.39 is 0 Å². The van der Waals surface area contributed by atoms with E-state index in [0.29, 0.717) is 24.5 Å². The Labute approximate surface area is 105 Å². The Morgan fingerprint density at radius 3 is 3.11 bits per heavy atom. The molecule has 1 atom stereocenters.